The van der Waals surface area contributed by atoms with E-state index in [1.807, 2.05) is 36.4 Å². The first-order valence-electron chi connectivity index (χ1n) is 10.3. The first-order chi connectivity index (χ1) is 15.7. The molecule has 2 aromatic carbocycles. The summed E-state index contributed by atoms with van der Waals surface area (Å²) in [7, 11) is 0. The fourth-order valence-electron chi connectivity index (χ4n) is 3.66. The highest BCUT2D eigenvalue weighted by Crippen LogP contribution is 2.35. The summed E-state index contributed by atoms with van der Waals surface area (Å²) in [4.78, 5) is 16.5. The lowest BCUT2D eigenvalue weighted by molar-refractivity contribution is -0.133. The molecule has 5 rings (SSSR count). The van der Waals surface area contributed by atoms with E-state index in [2.05, 4.69) is 15.1 Å². The van der Waals surface area contributed by atoms with Gasteiger partial charge in [0.1, 0.15) is 5.75 Å². The summed E-state index contributed by atoms with van der Waals surface area (Å²) in [5, 5.41) is 9.40. The standard InChI is InChI=1S/C23H21ClN4O4/c24-17-3-1-16(2-4-17)19-6-8-22(26-25-19)27-9-11-28(12-10-27)23(29)14-30-18-5-7-20-21(13-18)32-15-31-20/h1-8,13H,9-12,14-15H2. The zero-order chi connectivity index (χ0) is 21.9. The van der Waals surface area contributed by atoms with E-state index in [4.69, 9.17) is 25.8 Å². The second-order valence-electron chi connectivity index (χ2n) is 7.46. The zero-order valence-corrected chi connectivity index (χ0v) is 18.0. The van der Waals surface area contributed by atoms with Crippen LogP contribution in [0.25, 0.3) is 11.3 Å². The van der Waals surface area contributed by atoms with Crippen LogP contribution in [0, 0.1) is 0 Å². The summed E-state index contributed by atoms with van der Waals surface area (Å²) >= 11 is 5.94. The van der Waals surface area contributed by atoms with Crippen LogP contribution in [0.4, 0.5) is 5.82 Å². The van der Waals surface area contributed by atoms with Crippen molar-refractivity contribution in [3.05, 3.63) is 59.6 Å². The zero-order valence-electron chi connectivity index (χ0n) is 17.2. The molecule has 2 aliphatic heterocycles. The molecule has 164 valence electrons. The van der Waals surface area contributed by atoms with E-state index in [0.29, 0.717) is 48.5 Å². The number of hydrogen-bond donors (Lipinski definition) is 0. The van der Waals surface area contributed by atoms with Crippen LogP contribution in [0.3, 0.4) is 0 Å². The summed E-state index contributed by atoms with van der Waals surface area (Å²) in [5.74, 6) is 2.64. The Morgan fingerprint density at radius 1 is 0.938 bits per heavy atom. The smallest absolute Gasteiger partial charge is 0.260 e. The lowest BCUT2D eigenvalue weighted by atomic mass is 10.1. The van der Waals surface area contributed by atoms with Gasteiger partial charge in [-0.3, -0.25) is 4.79 Å². The second kappa shape index (κ2) is 8.92. The number of anilines is 1. The van der Waals surface area contributed by atoms with Crippen molar-refractivity contribution in [2.45, 2.75) is 0 Å². The molecule has 0 bridgehead atoms. The van der Waals surface area contributed by atoms with Gasteiger partial charge in [0.25, 0.3) is 5.91 Å². The van der Waals surface area contributed by atoms with Crippen molar-refractivity contribution in [1.82, 2.24) is 15.1 Å². The number of carbonyl (C=O) groups is 1. The molecule has 1 amide bonds. The molecule has 0 unspecified atom stereocenters. The number of nitrogens with zero attached hydrogens (tertiary/aromatic N) is 4. The topological polar surface area (TPSA) is 77.0 Å². The molecule has 9 heteroatoms. The maximum Gasteiger partial charge on any atom is 0.260 e. The van der Waals surface area contributed by atoms with Gasteiger partial charge >= 0.3 is 0 Å². The molecule has 2 aliphatic rings. The summed E-state index contributed by atoms with van der Waals surface area (Å²) in [6.07, 6.45) is 0. The first kappa shape index (κ1) is 20.4. The number of benzene rings is 2. The SMILES string of the molecule is O=C(COc1ccc2c(c1)OCO2)N1CCN(c2ccc(-c3ccc(Cl)cc3)nn2)CC1. The Bertz CT molecular complexity index is 1100. The molecule has 32 heavy (non-hydrogen) atoms. The molecule has 0 aliphatic carbocycles. The molecule has 0 saturated carbocycles. The average molecular weight is 453 g/mol. The van der Waals surface area contributed by atoms with Gasteiger partial charge in [-0.25, -0.2) is 0 Å². The van der Waals surface area contributed by atoms with Crippen LogP contribution in [-0.2, 0) is 4.79 Å². The fourth-order valence-corrected chi connectivity index (χ4v) is 3.78. The molecule has 0 atom stereocenters. The van der Waals surface area contributed by atoms with Crippen LogP contribution in [0.2, 0.25) is 5.02 Å². The van der Waals surface area contributed by atoms with Crippen molar-refractivity contribution in [3.8, 4) is 28.5 Å². The molecule has 8 nitrogen and oxygen atoms in total. The lowest BCUT2D eigenvalue weighted by Crippen LogP contribution is -2.50. The highest BCUT2D eigenvalue weighted by atomic mass is 35.5. The van der Waals surface area contributed by atoms with Gasteiger partial charge in [-0.1, -0.05) is 23.7 Å². The van der Waals surface area contributed by atoms with Crippen molar-refractivity contribution in [3.63, 3.8) is 0 Å². The van der Waals surface area contributed by atoms with E-state index >= 15 is 0 Å². The first-order valence-corrected chi connectivity index (χ1v) is 10.7. The van der Waals surface area contributed by atoms with Gasteiger partial charge < -0.3 is 24.0 Å². The minimum Gasteiger partial charge on any atom is -0.484 e. The lowest BCUT2D eigenvalue weighted by Gasteiger charge is -2.35. The van der Waals surface area contributed by atoms with Gasteiger partial charge in [0, 0.05) is 42.8 Å². The Hall–Kier alpha value is -3.52. The Morgan fingerprint density at radius 3 is 2.47 bits per heavy atom. The number of aromatic nitrogens is 2. The number of rotatable bonds is 5. The van der Waals surface area contributed by atoms with Crippen molar-refractivity contribution < 1.29 is 19.0 Å². The number of piperazine rings is 1. The Morgan fingerprint density at radius 2 is 1.72 bits per heavy atom. The van der Waals surface area contributed by atoms with E-state index in [9.17, 15) is 4.79 Å². The molecule has 0 spiro atoms. The van der Waals surface area contributed by atoms with E-state index in [-0.39, 0.29) is 19.3 Å². The van der Waals surface area contributed by atoms with Gasteiger partial charge in [-0.05, 0) is 36.4 Å². The van der Waals surface area contributed by atoms with Gasteiger partial charge in [0.2, 0.25) is 6.79 Å². The van der Waals surface area contributed by atoms with Crippen LogP contribution < -0.4 is 19.1 Å². The third kappa shape index (κ3) is 4.40. The largest absolute Gasteiger partial charge is 0.484 e. The number of ether oxygens (including phenoxy) is 3. The third-order valence-electron chi connectivity index (χ3n) is 5.45. The summed E-state index contributed by atoms with van der Waals surface area (Å²) < 4.78 is 16.3. The Labute approximate surface area is 190 Å². The van der Waals surface area contributed by atoms with Gasteiger partial charge in [-0.15, -0.1) is 10.2 Å². The van der Waals surface area contributed by atoms with E-state index in [1.165, 1.54) is 0 Å². The van der Waals surface area contributed by atoms with Crippen molar-refractivity contribution in [2.75, 3.05) is 44.5 Å². The van der Waals surface area contributed by atoms with E-state index in [1.54, 1.807) is 23.1 Å². The maximum atomic E-state index is 12.6. The Balaban J connectivity index is 1.13. The summed E-state index contributed by atoms with van der Waals surface area (Å²) in [5.41, 5.74) is 1.76. The van der Waals surface area contributed by atoms with Crippen molar-refractivity contribution in [1.29, 1.82) is 0 Å². The van der Waals surface area contributed by atoms with Crippen LogP contribution >= 0.6 is 11.6 Å². The van der Waals surface area contributed by atoms with Crippen LogP contribution in [0.1, 0.15) is 0 Å². The molecular weight excluding hydrogens is 432 g/mol. The van der Waals surface area contributed by atoms with E-state index in [0.717, 1.165) is 17.1 Å². The van der Waals surface area contributed by atoms with Crippen molar-refractivity contribution >= 4 is 23.3 Å². The average Bonchev–Trinajstić information content (AvgIpc) is 3.31. The third-order valence-corrected chi connectivity index (χ3v) is 5.71. The predicted octanol–water partition coefficient (Wildman–Crippen LogP) is 3.25. The summed E-state index contributed by atoms with van der Waals surface area (Å²) in [6, 6.07) is 16.7. The number of fused-ring (bicyclic) bond motifs is 1. The van der Waals surface area contributed by atoms with Crippen LogP contribution in [-0.4, -0.2) is 60.6 Å². The normalized spacial score (nSPS) is 15.0. The second-order valence-corrected chi connectivity index (χ2v) is 7.89. The van der Waals surface area contributed by atoms with E-state index < -0.39 is 0 Å². The minimum absolute atomic E-state index is 0.0186. The molecule has 3 aromatic rings. The number of amides is 1. The fraction of sp³-hybridized carbons (Fsp3) is 0.261. The Kier molecular flexibility index (Phi) is 5.68. The molecule has 0 N–H and O–H groups in total. The van der Waals surface area contributed by atoms with Gasteiger partial charge in [0.05, 0.1) is 5.69 Å². The molecule has 1 aromatic heterocycles. The molecule has 1 fully saturated rings. The maximum absolute atomic E-state index is 12.6. The van der Waals surface area contributed by atoms with Crippen molar-refractivity contribution in [2.24, 2.45) is 0 Å². The van der Waals surface area contributed by atoms with Gasteiger partial charge in [0.15, 0.2) is 23.9 Å². The molecule has 1 saturated heterocycles. The number of halogens is 1. The highest BCUT2D eigenvalue weighted by molar-refractivity contribution is 6.30. The molecular formula is C23H21ClN4O4. The summed E-state index contributed by atoms with van der Waals surface area (Å²) in [6.45, 7) is 2.76. The molecule has 0 radical (unpaired) electrons. The highest BCUT2D eigenvalue weighted by Gasteiger charge is 2.23. The molecule has 3 heterocycles. The monoisotopic (exact) mass is 452 g/mol. The number of hydrogen-bond acceptors (Lipinski definition) is 7. The van der Waals surface area contributed by atoms with Gasteiger partial charge in [-0.2, -0.15) is 0 Å². The quantitative estimate of drug-likeness (QED) is 0.588. The predicted molar refractivity (Wildman–Crippen MR) is 119 cm³/mol. The van der Waals surface area contributed by atoms with Crippen LogP contribution in [0.15, 0.2) is 54.6 Å². The minimum atomic E-state index is -0.0495. The van der Waals surface area contributed by atoms with Crippen LogP contribution in [0.5, 0.6) is 17.2 Å². The number of carbonyl (C=O) groups excluding carboxylic acids is 1.